The highest BCUT2D eigenvalue weighted by atomic mass is 16.5. The van der Waals surface area contributed by atoms with E-state index in [1.165, 1.54) is 0 Å². The lowest BCUT2D eigenvalue weighted by atomic mass is 10.2. The molecule has 0 unspecified atom stereocenters. The summed E-state index contributed by atoms with van der Waals surface area (Å²) >= 11 is 0. The van der Waals surface area contributed by atoms with Gasteiger partial charge in [0, 0.05) is 30.6 Å². The summed E-state index contributed by atoms with van der Waals surface area (Å²) in [7, 11) is 1.64. The van der Waals surface area contributed by atoms with Crippen LogP contribution in [0.5, 0.6) is 11.5 Å². The van der Waals surface area contributed by atoms with Crippen LogP contribution in [0, 0.1) is 0 Å². The van der Waals surface area contributed by atoms with Crippen LogP contribution in [0.1, 0.15) is 23.0 Å². The van der Waals surface area contributed by atoms with Crippen molar-refractivity contribution >= 4 is 16.8 Å². The first-order valence-corrected chi connectivity index (χ1v) is 8.94. The number of nitrogens with one attached hydrogen (secondary N) is 2. The van der Waals surface area contributed by atoms with E-state index in [0.29, 0.717) is 32.1 Å². The van der Waals surface area contributed by atoms with Gasteiger partial charge < -0.3 is 24.5 Å². The molecular weight excluding hydrogens is 344 g/mol. The molecule has 0 saturated heterocycles. The number of H-pyrrole nitrogens is 1. The minimum atomic E-state index is -0.158. The van der Waals surface area contributed by atoms with Crippen LogP contribution in [-0.2, 0) is 11.3 Å². The molecule has 3 rings (SSSR count). The first kappa shape index (κ1) is 18.8. The van der Waals surface area contributed by atoms with Gasteiger partial charge in [-0.05, 0) is 42.8 Å². The quantitative estimate of drug-likeness (QED) is 0.567. The molecule has 6 nitrogen and oxygen atoms in total. The summed E-state index contributed by atoms with van der Waals surface area (Å²) in [5, 5.41) is 3.90. The molecule has 142 valence electrons. The number of hydrogen-bond acceptors (Lipinski definition) is 4. The predicted molar refractivity (Wildman–Crippen MR) is 104 cm³/mol. The van der Waals surface area contributed by atoms with Gasteiger partial charge in [-0.25, -0.2) is 0 Å². The third-order valence-electron chi connectivity index (χ3n) is 4.06. The van der Waals surface area contributed by atoms with E-state index in [-0.39, 0.29) is 5.91 Å². The molecule has 27 heavy (non-hydrogen) atoms. The Morgan fingerprint density at radius 1 is 1.04 bits per heavy atom. The number of methoxy groups -OCH3 is 1. The highest BCUT2D eigenvalue weighted by Gasteiger charge is 2.10. The maximum Gasteiger partial charge on any atom is 0.267 e. The molecule has 0 fully saturated rings. The number of carbonyl (C=O) groups is 1. The van der Waals surface area contributed by atoms with E-state index < -0.39 is 0 Å². The van der Waals surface area contributed by atoms with E-state index in [0.717, 1.165) is 28.0 Å². The minimum absolute atomic E-state index is 0.158. The van der Waals surface area contributed by atoms with Crippen molar-refractivity contribution in [2.45, 2.75) is 13.5 Å². The Balaban J connectivity index is 1.62. The van der Waals surface area contributed by atoms with Crippen molar-refractivity contribution in [3.8, 4) is 11.5 Å². The summed E-state index contributed by atoms with van der Waals surface area (Å²) in [6.45, 7) is 3.99. The van der Waals surface area contributed by atoms with Crippen molar-refractivity contribution in [1.82, 2.24) is 10.3 Å². The molecule has 0 aliphatic rings. The zero-order valence-electron chi connectivity index (χ0n) is 15.6. The predicted octanol–water partition coefficient (Wildman–Crippen LogP) is 3.52. The van der Waals surface area contributed by atoms with Gasteiger partial charge in [0.2, 0.25) is 0 Å². The fraction of sp³-hybridized carbons (Fsp3) is 0.286. The van der Waals surface area contributed by atoms with Gasteiger partial charge in [0.1, 0.15) is 23.8 Å². The maximum atomic E-state index is 12.5. The van der Waals surface area contributed by atoms with Crippen LogP contribution < -0.4 is 14.8 Å². The van der Waals surface area contributed by atoms with Crippen LogP contribution in [0.2, 0.25) is 0 Å². The lowest BCUT2D eigenvalue weighted by molar-refractivity contribution is 0.0946. The smallest absolute Gasteiger partial charge is 0.267 e. The van der Waals surface area contributed by atoms with Crippen LogP contribution >= 0.6 is 0 Å². The van der Waals surface area contributed by atoms with Gasteiger partial charge in [-0.15, -0.1) is 0 Å². The molecule has 0 atom stereocenters. The molecule has 3 aromatic rings. The zero-order valence-corrected chi connectivity index (χ0v) is 15.6. The molecule has 1 amide bonds. The molecule has 6 heteroatoms. The Morgan fingerprint density at radius 2 is 1.89 bits per heavy atom. The number of rotatable bonds is 9. The molecule has 0 aliphatic carbocycles. The van der Waals surface area contributed by atoms with Gasteiger partial charge in [-0.3, -0.25) is 4.79 Å². The summed E-state index contributed by atoms with van der Waals surface area (Å²) < 4.78 is 16.1. The van der Waals surface area contributed by atoms with Gasteiger partial charge in [0.25, 0.3) is 5.91 Å². The number of aromatic amines is 1. The second kappa shape index (κ2) is 9.09. The largest absolute Gasteiger partial charge is 0.494 e. The molecule has 1 heterocycles. The topological polar surface area (TPSA) is 72.6 Å². The first-order chi connectivity index (χ1) is 13.2. The molecule has 1 aromatic heterocycles. The molecule has 0 aliphatic heterocycles. The Hall–Kier alpha value is -2.99. The van der Waals surface area contributed by atoms with Gasteiger partial charge in [0.05, 0.1) is 13.2 Å². The number of hydrogen-bond donors (Lipinski definition) is 2. The molecular formula is C21H24N2O4. The monoisotopic (exact) mass is 368 g/mol. The maximum absolute atomic E-state index is 12.5. The molecule has 2 aromatic carbocycles. The van der Waals surface area contributed by atoms with Crippen molar-refractivity contribution < 1.29 is 19.0 Å². The van der Waals surface area contributed by atoms with E-state index in [4.69, 9.17) is 14.2 Å². The van der Waals surface area contributed by atoms with Crippen molar-refractivity contribution in [1.29, 1.82) is 0 Å². The minimum Gasteiger partial charge on any atom is -0.494 e. The summed E-state index contributed by atoms with van der Waals surface area (Å²) in [4.78, 5) is 15.6. The zero-order chi connectivity index (χ0) is 19.1. The Morgan fingerprint density at radius 3 is 2.70 bits per heavy atom. The van der Waals surface area contributed by atoms with Gasteiger partial charge in [-0.1, -0.05) is 12.1 Å². The first-order valence-electron chi connectivity index (χ1n) is 8.94. The van der Waals surface area contributed by atoms with E-state index in [1.807, 2.05) is 55.5 Å². The number of amides is 1. The van der Waals surface area contributed by atoms with Crippen LogP contribution in [0.15, 0.2) is 48.5 Å². The van der Waals surface area contributed by atoms with Crippen LogP contribution in [0.3, 0.4) is 0 Å². The van der Waals surface area contributed by atoms with Crippen molar-refractivity contribution in [2.24, 2.45) is 0 Å². The summed E-state index contributed by atoms with van der Waals surface area (Å²) in [5.74, 6) is 1.38. The standard InChI is InChI=1S/C21H24N2O4/c1-3-26-18-8-7-16-12-20(23-19(16)13-18)21(24)22-14-15-5-4-6-17(11-15)27-10-9-25-2/h4-8,11-13,23H,3,9-10,14H2,1-2H3,(H,22,24). The highest BCUT2D eigenvalue weighted by Crippen LogP contribution is 2.21. The highest BCUT2D eigenvalue weighted by molar-refractivity contribution is 5.98. The van der Waals surface area contributed by atoms with Crippen molar-refractivity contribution in [3.05, 3.63) is 59.8 Å². The lowest BCUT2D eigenvalue weighted by Gasteiger charge is -2.08. The average Bonchev–Trinajstić information content (AvgIpc) is 3.10. The van der Waals surface area contributed by atoms with Crippen molar-refractivity contribution in [3.63, 3.8) is 0 Å². The number of fused-ring (bicyclic) bond motifs is 1. The normalized spacial score (nSPS) is 10.7. The van der Waals surface area contributed by atoms with E-state index in [2.05, 4.69) is 10.3 Å². The number of carbonyl (C=O) groups excluding carboxylic acids is 1. The van der Waals surface area contributed by atoms with Gasteiger partial charge in [-0.2, -0.15) is 0 Å². The SMILES string of the molecule is CCOc1ccc2cc(C(=O)NCc3cccc(OCCOC)c3)[nH]c2c1. The fourth-order valence-electron chi connectivity index (χ4n) is 2.75. The van der Waals surface area contributed by atoms with Crippen LogP contribution in [0.25, 0.3) is 10.9 Å². The van der Waals surface area contributed by atoms with Gasteiger partial charge in [0.15, 0.2) is 0 Å². The lowest BCUT2D eigenvalue weighted by Crippen LogP contribution is -2.23. The van der Waals surface area contributed by atoms with Crippen molar-refractivity contribution in [2.75, 3.05) is 26.9 Å². The number of ether oxygens (including phenoxy) is 3. The fourth-order valence-corrected chi connectivity index (χ4v) is 2.75. The van der Waals surface area contributed by atoms with Crippen LogP contribution in [-0.4, -0.2) is 37.8 Å². The molecule has 0 radical (unpaired) electrons. The van der Waals surface area contributed by atoms with E-state index in [9.17, 15) is 4.79 Å². The third-order valence-corrected chi connectivity index (χ3v) is 4.06. The number of aromatic nitrogens is 1. The molecule has 0 saturated carbocycles. The molecule has 2 N–H and O–H groups in total. The average molecular weight is 368 g/mol. The Labute approximate surface area is 158 Å². The Bertz CT molecular complexity index is 904. The second-order valence-corrected chi connectivity index (χ2v) is 6.04. The summed E-state index contributed by atoms with van der Waals surface area (Å²) in [6.07, 6.45) is 0. The van der Waals surface area contributed by atoms with E-state index >= 15 is 0 Å². The second-order valence-electron chi connectivity index (χ2n) is 6.04. The molecule has 0 spiro atoms. The van der Waals surface area contributed by atoms with Crippen LogP contribution in [0.4, 0.5) is 0 Å². The number of benzene rings is 2. The third kappa shape index (κ3) is 5.01. The summed E-state index contributed by atoms with van der Waals surface area (Å²) in [5.41, 5.74) is 2.36. The van der Waals surface area contributed by atoms with Gasteiger partial charge >= 0.3 is 0 Å². The molecule has 0 bridgehead atoms. The Kier molecular flexibility index (Phi) is 6.33. The van der Waals surface area contributed by atoms with E-state index in [1.54, 1.807) is 7.11 Å². The summed E-state index contributed by atoms with van der Waals surface area (Å²) in [6, 6.07) is 15.2.